The van der Waals surface area contributed by atoms with Crippen molar-refractivity contribution >= 4 is 17.1 Å². The van der Waals surface area contributed by atoms with Crippen LogP contribution < -0.4 is 4.74 Å². The van der Waals surface area contributed by atoms with Gasteiger partial charge < -0.3 is 4.74 Å². The highest BCUT2D eigenvalue weighted by molar-refractivity contribution is 7.09. The van der Waals surface area contributed by atoms with Crippen LogP contribution in [0.3, 0.4) is 0 Å². The average molecular weight is 377 g/mol. The summed E-state index contributed by atoms with van der Waals surface area (Å²) in [5.74, 6) is 0.388. The summed E-state index contributed by atoms with van der Waals surface area (Å²) in [5, 5.41) is 2.53. The number of nitrogens with zero attached hydrogens (tertiary/aromatic N) is 1. The number of carbonyl (C=O) groups is 1. The predicted octanol–water partition coefficient (Wildman–Crippen LogP) is 5.31. The molecule has 3 aromatic rings. The summed E-state index contributed by atoms with van der Waals surface area (Å²) in [6.07, 6.45) is -2.47. The molecular formula is C19H14F3NO2S. The molecule has 0 radical (unpaired) electrons. The first kappa shape index (κ1) is 18.1. The van der Waals surface area contributed by atoms with Gasteiger partial charge in [-0.2, -0.15) is 13.2 Å². The topological polar surface area (TPSA) is 39.2 Å². The Morgan fingerprint density at radius 1 is 1.08 bits per heavy atom. The van der Waals surface area contributed by atoms with Gasteiger partial charge in [-0.15, -0.1) is 11.3 Å². The lowest BCUT2D eigenvalue weighted by molar-refractivity contribution is -0.137. The summed E-state index contributed by atoms with van der Waals surface area (Å²) in [4.78, 5) is 16.3. The van der Waals surface area contributed by atoms with Crippen molar-refractivity contribution in [3.63, 3.8) is 0 Å². The second-order valence-electron chi connectivity index (χ2n) is 5.55. The number of carbonyl (C=O) groups excluding carboxylic acids is 1. The van der Waals surface area contributed by atoms with Crippen molar-refractivity contribution in [2.24, 2.45) is 0 Å². The highest BCUT2D eigenvalue weighted by Crippen LogP contribution is 2.33. The van der Waals surface area contributed by atoms with E-state index < -0.39 is 11.7 Å². The molecule has 0 fully saturated rings. The number of ether oxygens (including phenoxy) is 1. The van der Waals surface area contributed by atoms with Gasteiger partial charge in [-0.25, -0.2) is 4.98 Å². The molecule has 26 heavy (non-hydrogen) atoms. The number of thiazole rings is 1. The zero-order valence-electron chi connectivity index (χ0n) is 13.5. The second kappa shape index (κ2) is 7.70. The van der Waals surface area contributed by atoms with E-state index in [0.717, 1.165) is 17.1 Å². The molecule has 1 aromatic heterocycles. The number of alkyl halides is 3. The summed E-state index contributed by atoms with van der Waals surface area (Å²) in [5.41, 5.74) is -0.168. The third-order valence-corrected chi connectivity index (χ3v) is 4.36. The number of halogens is 3. The Labute approximate surface area is 152 Å². The van der Waals surface area contributed by atoms with E-state index in [2.05, 4.69) is 4.98 Å². The number of benzene rings is 2. The Kier molecular flexibility index (Phi) is 5.37. The SMILES string of the molecule is O=C(Cc1nccs1)Cc1ccccc1Oc1cccc(C(F)(F)F)c1. The molecule has 0 aliphatic carbocycles. The fourth-order valence-corrected chi connectivity index (χ4v) is 3.04. The minimum Gasteiger partial charge on any atom is -0.457 e. The van der Waals surface area contributed by atoms with E-state index in [9.17, 15) is 18.0 Å². The molecule has 7 heteroatoms. The van der Waals surface area contributed by atoms with Gasteiger partial charge in [-0.3, -0.25) is 4.79 Å². The largest absolute Gasteiger partial charge is 0.457 e. The summed E-state index contributed by atoms with van der Waals surface area (Å²) in [7, 11) is 0. The van der Waals surface area contributed by atoms with E-state index in [1.54, 1.807) is 35.8 Å². The monoisotopic (exact) mass is 377 g/mol. The molecule has 134 valence electrons. The van der Waals surface area contributed by atoms with Crippen LogP contribution >= 0.6 is 11.3 Å². The maximum Gasteiger partial charge on any atom is 0.416 e. The molecule has 0 atom stereocenters. The van der Waals surface area contributed by atoms with Gasteiger partial charge in [0.2, 0.25) is 0 Å². The van der Waals surface area contributed by atoms with Gasteiger partial charge in [0.15, 0.2) is 0 Å². The number of hydrogen-bond donors (Lipinski definition) is 0. The number of ketones is 1. The summed E-state index contributed by atoms with van der Waals surface area (Å²) in [6.45, 7) is 0. The third-order valence-electron chi connectivity index (χ3n) is 3.58. The third kappa shape index (κ3) is 4.70. The quantitative estimate of drug-likeness (QED) is 0.584. The first-order valence-corrected chi connectivity index (χ1v) is 8.63. The van der Waals surface area contributed by atoms with E-state index in [1.165, 1.54) is 23.5 Å². The van der Waals surface area contributed by atoms with E-state index in [4.69, 9.17) is 4.74 Å². The highest BCUT2D eigenvalue weighted by atomic mass is 32.1. The van der Waals surface area contributed by atoms with Crippen LogP contribution in [0, 0.1) is 0 Å². The van der Waals surface area contributed by atoms with Crippen LogP contribution in [0.25, 0.3) is 0 Å². The van der Waals surface area contributed by atoms with Crippen molar-refractivity contribution in [1.29, 1.82) is 0 Å². The van der Waals surface area contributed by atoms with Gasteiger partial charge in [-0.05, 0) is 24.3 Å². The van der Waals surface area contributed by atoms with Crippen LogP contribution in [0.15, 0.2) is 60.1 Å². The van der Waals surface area contributed by atoms with E-state index in [1.807, 2.05) is 0 Å². The Morgan fingerprint density at radius 2 is 1.88 bits per heavy atom. The van der Waals surface area contributed by atoms with Crippen molar-refractivity contribution in [1.82, 2.24) is 4.98 Å². The van der Waals surface area contributed by atoms with Crippen LogP contribution in [-0.4, -0.2) is 10.8 Å². The predicted molar refractivity (Wildman–Crippen MR) is 92.5 cm³/mol. The highest BCUT2D eigenvalue weighted by Gasteiger charge is 2.30. The molecular weight excluding hydrogens is 363 g/mol. The van der Waals surface area contributed by atoms with Gasteiger partial charge in [0.05, 0.1) is 17.0 Å². The van der Waals surface area contributed by atoms with E-state index in [-0.39, 0.29) is 24.4 Å². The molecule has 0 saturated carbocycles. The molecule has 3 nitrogen and oxygen atoms in total. The molecule has 1 heterocycles. The Morgan fingerprint density at radius 3 is 2.62 bits per heavy atom. The number of Topliss-reactive ketones (excluding diaryl/α,β-unsaturated/α-hetero) is 1. The van der Waals surface area contributed by atoms with Crippen LogP contribution in [0.1, 0.15) is 16.1 Å². The second-order valence-corrected chi connectivity index (χ2v) is 6.53. The van der Waals surface area contributed by atoms with Crippen LogP contribution in [-0.2, 0) is 23.8 Å². The summed E-state index contributed by atoms with van der Waals surface area (Å²) < 4.78 is 44.1. The smallest absolute Gasteiger partial charge is 0.416 e. The van der Waals surface area contributed by atoms with Gasteiger partial charge in [-0.1, -0.05) is 24.3 Å². The normalized spacial score (nSPS) is 11.3. The number of hydrogen-bond acceptors (Lipinski definition) is 4. The maximum absolute atomic E-state index is 12.8. The first-order chi connectivity index (χ1) is 12.4. The molecule has 0 bridgehead atoms. The lowest BCUT2D eigenvalue weighted by atomic mass is 10.1. The molecule has 0 unspecified atom stereocenters. The minimum absolute atomic E-state index is 0.0416. The Bertz CT molecular complexity index is 892. The van der Waals surface area contributed by atoms with Crippen molar-refractivity contribution in [3.05, 3.63) is 76.2 Å². The van der Waals surface area contributed by atoms with Gasteiger partial charge in [0, 0.05) is 23.6 Å². The zero-order valence-corrected chi connectivity index (χ0v) is 14.3. The average Bonchev–Trinajstić information content (AvgIpc) is 3.09. The summed E-state index contributed by atoms with van der Waals surface area (Å²) in [6, 6.07) is 11.5. The molecule has 2 aromatic carbocycles. The fourth-order valence-electron chi connectivity index (χ4n) is 2.40. The van der Waals surface area contributed by atoms with Gasteiger partial charge >= 0.3 is 6.18 Å². The lowest BCUT2D eigenvalue weighted by Gasteiger charge is -2.12. The Hall–Kier alpha value is -2.67. The van der Waals surface area contributed by atoms with Crippen molar-refractivity contribution < 1.29 is 22.7 Å². The molecule has 0 saturated heterocycles. The molecule has 0 aliphatic heterocycles. The van der Waals surface area contributed by atoms with Gasteiger partial charge in [0.25, 0.3) is 0 Å². The van der Waals surface area contributed by atoms with Crippen molar-refractivity contribution in [3.8, 4) is 11.5 Å². The molecule has 0 amide bonds. The van der Waals surface area contributed by atoms with E-state index in [0.29, 0.717) is 11.3 Å². The van der Waals surface area contributed by atoms with Crippen LogP contribution in [0.2, 0.25) is 0 Å². The van der Waals surface area contributed by atoms with Gasteiger partial charge in [0.1, 0.15) is 17.3 Å². The lowest BCUT2D eigenvalue weighted by Crippen LogP contribution is -2.07. The van der Waals surface area contributed by atoms with Crippen LogP contribution in [0.4, 0.5) is 13.2 Å². The summed E-state index contributed by atoms with van der Waals surface area (Å²) >= 11 is 1.40. The number of rotatable bonds is 6. The minimum atomic E-state index is -4.44. The maximum atomic E-state index is 12.8. The molecule has 0 aliphatic rings. The van der Waals surface area contributed by atoms with Crippen molar-refractivity contribution in [2.75, 3.05) is 0 Å². The van der Waals surface area contributed by atoms with Crippen LogP contribution in [0.5, 0.6) is 11.5 Å². The Balaban J connectivity index is 1.76. The standard InChI is InChI=1S/C19H14F3NO2S/c20-19(21,22)14-5-3-6-16(11-14)25-17-7-2-1-4-13(17)10-15(24)12-18-23-8-9-26-18/h1-9,11H,10,12H2. The zero-order chi connectivity index (χ0) is 18.6. The number of aromatic nitrogens is 1. The van der Waals surface area contributed by atoms with E-state index >= 15 is 0 Å². The molecule has 3 rings (SSSR count). The fraction of sp³-hybridized carbons (Fsp3) is 0.158. The first-order valence-electron chi connectivity index (χ1n) is 7.75. The van der Waals surface area contributed by atoms with Crippen molar-refractivity contribution in [2.45, 2.75) is 19.0 Å². The molecule has 0 N–H and O–H groups in total. The molecule has 0 spiro atoms. The number of para-hydroxylation sites is 1.